The van der Waals surface area contributed by atoms with E-state index in [1.54, 1.807) is 24.3 Å². The van der Waals surface area contributed by atoms with Gasteiger partial charge in [-0.25, -0.2) is 4.79 Å². The lowest BCUT2D eigenvalue weighted by Gasteiger charge is -2.06. The van der Waals surface area contributed by atoms with Gasteiger partial charge in [0.05, 0.1) is 6.54 Å². The van der Waals surface area contributed by atoms with Crippen molar-refractivity contribution < 1.29 is 25.2 Å². The van der Waals surface area contributed by atoms with Crippen LogP contribution >= 0.6 is 0 Å². The first-order chi connectivity index (χ1) is 8.90. The average molecular weight is 265 g/mol. The van der Waals surface area contributed by atoms with Crippen molar-refractivity contribution in [2.45, 2.75) is 19.4 Å². The monoisotopic (exact) mass is 265 g/mol. The zero-order valence-corrected chi connectivity index (χ0v) is 10.7. The van der Waals surface area contributed by atoms with E-state index in [4.69, 9.17) is 5.11 Å². The summed E-state index contributed by atoms with van der Waals surface area (Å²) in [7, 11) is 0. The van der Waals surface area contributed by atoms with Gasteiger partial charge in [0.2, 0.25) is 0 Å². The van der Waals surface area contributed by atoms with Crippen LogP contribution in [0.25, 0.3) is 0 Å². The number of rotatable bonds is 6. The van der Waals surface area contributed by atoms with Crippen LogP contribution in [0, 0.1) is 0 Å². The van der Waals surface area contributed by atoms with Crippen molar-refractivity contribution in [3.63, 3.8) is 0 Å². The van der Waals surface area contributed by atoms with Gasteiger partial charge in [0.25, 0.3) is 5.91 Å². The number of carboxylic acid groups (broad SMARTS) is 1. The Morgan fingerprint density at radius 2 is 1.84 bits per heavy atom. The van der Waals surface area contributed by atoms with Crippen LogP contribution < -0.4 is 11.1 Å². The van der Waals surface area contributed by atoms with Gasteiger partial charge in [0, 0.05) is 12.0 Å². The molecular formula is C13H17N2O4+. The minimum absolute atomic E-state index is 0.000549. The number of carboxylic acids is 1. The lowest BCUT2D eigenvalue weighted by Crippen LogP contribution is -2.65. The molecule has 1 rings (SSSR count). The first kappa shape index (κ1) is 14.8. The lowest BCUT2D eigenvalue weighted by atomic mass is 10.0. The number of aliphatic carboxylic acids is 1. The third-order valence-corrected chi connectivity index (χ3v) is 2.55. The van der Waals surface area contributed by atoms with Gasteiger partial charge in [-0.15, -0.1) is 0 Å². The second-order valence-corrected chi connectivity index (χ2v) is 4.32. The van der Waals surface area contributed by atoms with E-state index in [9.17, 15) is 14.4 Å². The quantitative estimate of drug-likeness (QED) is 0.628. The van der Waals surface area contributed by atoms with Gasteiger partial charge in [0.1, 0.15) is 5.78 Å². The standard InChI is InChI=1S/C13H16N2O4/c1-8(16)7-15-12(17)10-4-2-9(3-5-10)6-11(14)13(18)19/h2-5,11H,6-7,14H2,1H3,(H,15,17)(H,18,19)/p+1. The molecule has 0 radical (unpaired) electrons. The average Bonchev–Trinajstić information content (AvgIpc) is 2.36. The predicted octanol–water partition coefficient (Wildman–Crippen LogP) is -0.757. The van der Waals surface area contributed by atoms with Crippen LogP contribution in [0.2, 0.25) is 0 Å². The van der Waals surface area contributed by atoms with Gasteiger partial charge in [0.15, 0.2) is 6.04 Å². The molecule has 6 nitrogen and oxygen atoms in total. The second-order valence-electron chi connectivity index (χ2n) is 4.32. The molecule has 1 aromatic carbocycles. The van der Waals surface area contributed by atoms with Gasteiger partial charge in [-0.1, -0.05) is 12.1 Å². The van der Waals surface area contributed by atoms with E-state index in [1.165, 1.54) is 6.92 Å². The van der Waals surface area contributed by atoms with Crippen LogP contribution in [-0.2, 0) is 16.0 Å². The Bertz CT molecular complexity index is 482. The molecule has 1 atom stereocenters. The van der Waals surface area contributed by atoms with E-state index in [2.05, 4.69) is 11.1 Å². The topological polar surface area (TPSA) is 111 Å². The molecule has 0 aliphatic rings. The Hall–Kier alpha value is -2.21. The van der Waals surface area contributed by atoms with Crippen molar-refractivity contribution in [3.8, 4) is 0 Å². The third kappa shape index (κ3) is 4.89. The number of hydrogen-bond donors (Lipinski definition) is 3. The summed E-state index contributed by atoms with van der Waals surface area (Å²) in [6, 6.07) is 5.85. The smallest absolute Gasteiger partial charge is 0.362 e. The van der Waals surface area contributed by atoms with Gasteiger partial charge < -0.3 is 16.2 Å². The summed E-state index contributed by atoms with van der Waals surface area (Å²) in [5.74, 6) is -1.40. The van der Waals surface area contributed by atoms with Gasteiger partial charge in [-0.3, -0.25) is 9.59 Å². The second kappa shape index (κ2) is 6.65. The molecule has 5 N–H and O–H groups in total. The number of ketones is 1. The van der Waals surface area contributed by atoms with Gasteiger partial charge in [-0.2, -0.15) is 0 Å². The number of amides is 1. The van der Waals surface area contributed by atoms with Crippen LogP contribution in [0.4, 0.5) is 0 Å². The first-order valence-electron chi connectivity index (χ1n) is 5.82. The molecule has 0 aliphatic heterocycles. The lowest BCUT2D eigenvalue weighted by molar-refractivity contribution is -0.407. The highest BCUT2D eigenvalue weighted by Crippen LogP contribution is 2.06. The van der Waals surface area contributed by atoms with Crippen LogP contribution in [-0.4, -0.2) is 35.4 Å². The Morgan fingerprint density at radius 1 is 1.26 bits per heavy atom. The highest BCUT2D eigenvalue weighted by atomic mass is 16.4. The molecule has 1 amide bonds. The van der Waals surface area contributed by atoms with Crippen LogP contribution in [0.1, 0.15) is 22.8 Å². The van der Waals surface area contributed by atoms with E-state index >= 15 is 0 Å². The van der Waals surface area contributed by atoms with Gasteiger partial charge in [-0.05, 0) is 24.6 Å². The zero-order chi connectivity index (χ0) is 14.4. The molecule has 102 valence electrons. The Kier molecular flexibility index (Phi) is 5.20. The van der Waals surface area contributed by atoms with Crippen molar-refractivity contribution in [1.29, 1.82) is 0 Å². The van der Waals surface area contributed by atoms with Crippen LogP contribution in [0.15, 0.2) is 24.3 Å². The number of benzene rings is 1. The maximum atomic E-state index is 11.6. The number of quaternary nitrogens is 1. The molecule has 6 heteroatoms. The minimum Gasteiger partial charge on any atom is -0.477 e. The largest absolute Gasteiger partial charge is 0.477 e. The molecule has 1 aromatic rings. The van der Waals surface area contributed by atoms with E-state index in [-0.39, 0.29) is 18.2 Å². The number of hydrogen-bond acceptors (Lipinski definition) is 3. The molecular weight excluding hydrogens is 248 g/mol. The maximum Gasteiger partial charge on any atom is 0.362 e. The summed E-state index contributed by atoms with van der Waals surface area (Å²) in [5.41, 5.74) is 4.75. The fraction of sp³-hybridized carbons (Fsp3) is 0.308. The molecule has 0 fully saturated rings. The fourth-order valence-corrected chi connectivity index (χ4v) is 1.47. The molecule has 19 heavy (non-hydrogen) atoms. The summed E-state index contributed by atoms with van der Waals surface area (Å²) in [4.78, 5) is 33.0. The highest BCUT2D eigenvalue weighted by Gasteiger charge is 2.16. The number of carbonyl (C=O) groups is 3. The summed E-state index contributed by atoms with van der Waals surface area (Å²) in [6.45, 7) is 1.39. The van der Waals surface area contributed by atoms with Crippen molar-refractivity contribution in [2.24, 2.45) is 0 Å². The summed E-state index contributed by atoms with van der Waals surface area (Å²) >= 11 is 0. The molecule has 0 aromatic heterocycles. The Morgan fingerprint density at radius 3 is 2.32 bits per heavy atom. The SMILES string of the molecule is CC(=O)CNC(=O)c1ccc(CC([NH3+])C(=O)O)cc1. The molecule has 0 saturated heterocycles. The first-order valence-corrected chi connectivity index (χ1v) is 5.82. The van der Waals surface area contributed by atoms with Crippen molar-refractivity contribution in [1.82, 2.24) is 5.32 Å². The maximum absolute atomic E-state index is 11.6. The van der Waals surface area contributed by atoms with Crippen molar-refractivity contribution in [3.05, 3.63) is 35.4 Å². The van der Waals surface area contributed by atoms with Crippen LogP contribution in [0.5, 0.6) is 0 Å². The zero-order valence-electron chi connectivity index (χ0n) is 10.7. The molecule has 1 unspecified atom stereocenters. The molecule has 0 aliphatic carbocycles. The number of carbonyl (C=O) groups excluding carboxylic acids is 2. The number of Topliss-reactive ketones (excluding diaryl/α,β-unsaturated/α-hetero) is 1. The summed E-state index contributed by atoms with van der Waals surface area (Å²) < 4.78 is 0. The molecule has 0 saturated carbocycles. The minimum atomic E-state index is -0.955. The molecule has 0 spiro atoms. The highest BCUT2D eigenvalue weighted by molar-refractivity contribution is 5.96. The van der Waals surface area contributed by atoms with E-state index in [0.717, 1.165) is 5.56 Å². The van der Waals surface area contributed by atoms with Gasteiger partial charge >= 0.3 is 5.97 Å². The van der Waals surface area contributed by atoms with Crippen LogP contribution in [0.3, 0.4) is 0 Å². The van der Waals surface area contributed by atoms with Crippen molar-refractivity contribution >= 4 is 17.7 Å². The fourth-order valence-electron chi connectivity index (χ4n) is 1.47. The third-order valence-electron chi connectivity index (χ3n) is 2.55. The molecule has 0 heterocycles. The summed E-state index contributed by atoms with van der Waals surface area (Å²) in [5, 5.41) is 11.2. The predicted molar refractivity (Wildman–Crippen MR) is 67.5 cm³/mol. The van der Waals surface area contributed by atoms with E-state index in [1.807, 2.05) is 0 Å². The molecule has 0 bridgehead atoms. The Balaban J connectivity index is 2.63. The number of nitrogens with one attached hydrogen (secondary N) is 1. The van der Waals surface area contributed by atoms with E-state index in [0.29, 0.717) is 12.0 Å². The summed E-state index contributed by atoms with van der Waals surface area (Å²) in [6.07, 6.45) is 0.310. The van der Waals surface area contributed by atoms with Crippen molar-refractivity contribution in [2.75, 3.05) is 6.54 Å². The normalized spacial score (nSPS) is 11.7. The van der Waals surface area contributed by atoms with E-state index < -0.39 is 12.0 Å². The Labute approximate surface area is 110 Å².